The van der Waals surface area contributed by atoms with Gasteiger partial charge in [0.25, 0.3) is 0 Å². The van der Waals surface area contributed by atoms with Crippen molar-refractivity contribution >= 4 is 22.2 Å². The number of hydrogen-bond acceptors (Lipinski definition) is 5. The summed E-state index contributed by atoms with van der Waals surface area (Å²) in [4.78, 5) is 2.30. The zero-order valence-electron chi connectivity index (χ0n) is 15.9. The summed E-state index contributed by atoms with van der Waals surface area (Å²) in [6, 6.07) is 3.83. The van der Waals surface area contributed by atoms with E-state index >= 15 is 0 Å². The lowest BCUT2D eigenvalue weighted by molar-refractivity contribution is -0.0645. The highest BCUT2D eigenvalue weighted by molar-refractivity contribution is 7.90. The van der Waals surface area contributed by atoms with Crippen molar-refractivity contribution in [1.82, 2.24) is 4.90 Å². The maximum absolute atomic E-state index is 14.1. The molecule has 1 saturated carbocycles. The molecule has 1 aromatic carbocycles. The van der Waals surface area contributed by atoms with Crippen LogP contribution in [-0.4, -0.2) is 58.0 Å². The number of benzene rings is 1. The van der Waals surface area contributed by atoms with Crippen LogP contribution >= 0.6 is 12.4 Å². The number of hydrogen-bond donors (Lipinski definition) is 0. The molecule has 0 radical (unpaired) electrons. The largest absolute Gasteiger partial charge is 0.487 e. The summed E-state index contributed by atoms with van der Waals surface area (Å²) >= 11 is 0. The van der Waals surface area contributed by atoms with Crippen LogP contribution in [0, 0.1) is 5.82 Å². The van der Waals surface area contributed by atoms with Crippen LogP contribution in [0.5, 0.6) is 5.75 Å². The molecular weight excluding hydrogens is 393 g/mol. The molecule has 0 atom stereocenters. The van der Waals surface area contributed by atoms with E-state index < -0.39 is 15.7 Å². The molecule has 1 aliphatic carbocycles. The zero-order valence-corrected chi connectivity index (χ0v) is 17.5. The predicted octanol–water partition coefficient (Wildman–Crippen LogP) is 3.45. The summed E-state index contributed by atoms with van der Waals surface area (Å²) < 4.78 is 49.1. The first-order chi connectivity index (χ1) is 12.3. The fourth-order valence-electron chi connectivity index (χ4n) is 3.67. The van der Waals surface area contributed by atoms with Crippen LogP contribution in [0.4, 0.5) is 4.39 Å². The van der Waals surface area contributed by atoms with Gasteiger partial charge in [0, 0.05) is 19.3 Å². The zero-order chi connectivity index (χ0) is 18.7. The minimum atomic E-state index is -3.42. The minimum absolute atomic E-state index is 0. The van der Waals surface area contributed by atoms with E-state index in [1.807, 2.05) is 0 Å². The predicted molar refractivity (Wildman–Crippen MR) is 105 cm³/mol. The standard InChI is InChI=1S/C19H28FNO4S.ClH/c1-21-11-9-16(10-12-21)24-14-3-5-15(6-4-14)25-19-8-7-17(13-18(19)20)26(2,22)23;/h7-8,13-16H,3-6,9-12H2,1-2H3;1H. The molecule has 27 heavy (non-hydrogen) atoms. The lowest BCUT2D eigenvalue weighted by atomic mass is 9.94. The molecule has 0 unspecified atom stereocenters. The summed E-state index contributed by atoms with van der Waals surface area (Å²) in [5.74, 6) is -0.505. The van der Waals surface area contributed by atoms with Gasteiger partial charge in [0.1, 0.15) is 0 Å². The minimum Gasteiger partial charge on any atom is -0.487 e. The smallest absolute Gasteiger partial charge is 0.175 e. The van der Waals surface area contributed by atoms with Crippen molar-refractivity contribution in [2.24, 2.45) is 0 Å². The molecular formula is C19H29ClFNO4S. The third-order valence-corrected chi connectivity index (χ3v) is 6.41. The maximum Gasteiger partial charge on any atom is 0.175 e. The summed E-state index contributed by atoms with van der Waals surface area (Å²) in [5.41, 5.74) is 0. The van der Waals surface area contributed by atoms with E-state index in [0.717, 1.165) is 63.9 Å². The molecule has 1 aromatic rings. The normalized spacial score (nSPS) is 25.0. The van der Waals surface area contributed by atoms with Crippen molar-refractivity contribution in [3.8, 4) is 5.75 Å². The van der Waals surface area contributed by atoms with E-state index in [4.69, 9.17) is 9.47 Å². The molecule has 3 rings (SSSR count). The van der Waals surface area contributed by atoms with Gasteiger partial charge in [-0.05, 0) is 63.8 Å². The Morgan fingerprint density at radius 3 is 2.11 bits per heavy atom. The third kappa shape index (κ3) is 6.31. The molecule has 0 spiro atoms. The molecule has 8 heteroatoms. The fraction of sp³-hybridized carbons (Fsp3) is 0.684. The summed E-state index contributed by atoms with van der Waals surface area (Å²) in [6.45, 7) is 2.18. The number of rotatable bonds is 5. The first kappa shape index (κ1) is 22.4. The van der Waals surface area contributed by atoms with Crippen molar-refractivity contribution in [2.45, 2.75) is 61.7 Å². The van der Waals surface area contributed by atoms with Gasteiger partial charge in [-0.15, -0.1) is 12.4 Å². The van der Waals surface area contributed by atoms with Crippen LogP contribution in [0.2, 0.25) is 0 Å². The third-order valence-electron chi connectivity index (χ3n) is 5.30. The van der Waals surface area contributed by atoms with Gasteiger partial charge in [0.15, 0.2) is 21.4 Å². The van der Waals surface area contributed by atoms with Gasteiger partial charge < -0.3 is 14.4 Å². The van der Waals surface area contributed by atoms with Crippen molar-refractivity contribution in [3.63, 3.8) is 0 Å². The van der Waals surface area contributed by atoms with Crippen molar-refractivity contribution in [3.05, 3.63) is 24.0 Å². The van der Waals surface area contributed by atoms with Crippen LogP contribution in [0.3, 0.4) is 0 Å². The van der Waals surface area contributed by atoms with Crippen molar-refractivity contribution in [2.75, 3.05) is 26.4 Å². The van der Waals surface area contributed by atoms with E-state index in [1.165, 1.54) is 12.1 Å². The molecule has 0 bridgehead atoms. The first-order valence-electron chi connectivity index (χ1n) is 9.31. The summed E-state index contributed by atoms with van der Waals surface area (Å²) in [6.07, 6.45) is 7.29. The second-order valence-electron chi connectivity index (χ2n) is 7.52. The first-order valence-corrected chi connectivity index (χ1v) is 11.2. The average molecular weight is 422 g/mol. The van der Waals surface area contributed by atoms with Gasteiger partial charge in [0.05, 0.1) is 23.2 Å². The van der Waals surface area contributed by atoms with E-state index in [2.05, 4.69) is 11.9 Å². The van der Waals surface area contributed by atoms with Gasteiger partial charge >= 0.3 is 0 Å². The number of halogens is 2. The Morgan fingerprint density at radius 2 is 1.56 bits per heavy atom. The molecule has 1 heterocycles. The lowest BCUT2D eigenvalue weighted by Gasteiger charge is -2.35. The van der Waals surface area contributed by atoms with Gasteiger partial charge in [-0.3, -0.25) is 0 Å². The number of nitrogens with zero attached hydrogens (tertiary/aromatic N) is 1. The van der Waals surface area contributed by atoms with Gasteiger partial charge in [-0.25, -0.2) is 12.8 Å². The second-order valence-corrected chi connectivity index (χ2v) is 9.54. The molecule has 0 N–H and O–H groups in total. The molecule has 1 saturated heterocycles. The maximum atomic E-state index is 14.1. The van der Waals surface area contributed by atoms with E-state index in [9.17, 15) is 12.8 Å². The molecule has 154 valence electrons. The Labute approximate surface area is 167 Å². The van der Waals surface area contributed by atoms with Gasteiger partial charge in [0.2, 0.25) is 0 Å². The molecule has 2 aliphatic rings. The second kappa shape index (κ2) is 9.54. The monoisotopic (exact) mass is 421 g/mol. The summed E-state index contributed by atoms with van der Waals surface area (Å²) in [5, 5.41) is 0. The van der Waals surface area contributed by atoms with Crippen LogP contribution < -0.4 is 4.74 Å². The number of piperidine rings is 1. The van der Waals surface area contributed by atoms with Gasteiger partial charge in [-0.1, -0.05) is 0 Å². The number of sulfone groups is 1. The van der Waals surface area contributed by atoms with Gasteiger partial charge in [-0.2, -0.15) is 0 Å². The molecule has 5 nitrogen and oxygen atoms in total. The highest BCUT2D eigenvalue weighted by Crippen LogP contribution is 2.29. The number of likely N-dealkylation sites (tertiary alicyclic amines) is 1. The van der Waals surface area contributed by atoms with E-state index in [1.54, 1.807) is 0 Å². The van der Waals surface area contributed by atoms with Crippen molar-refractivity contribution < 1.29 is 22.3 Å². The van der Waals surface area contributed by atoms with Crippen molar-refractivity contribution in [1.29, 1.82) is 0 Å². The Bertz CT molecular complexity index is 714. The Balaban J connectivity index is 0.00000261. The number of ether oxygens (including phenoxy) is 2. The average Bonchev–Trinajstić information content (AvgIpc) is 2.59. The molecule has 1 aliphatic heterocycles. The molecule has 0 aromatic heterocycles. The van der Waals surface area contributed by atoms with Crippen LogP contribution in [0.1, 0.15) is 38.5 Å². The topological polar surface area (TPSA) is 55.8 Å². The van der Waals surface area contributed by atoms with Crippen LogP contribution in [-0.2, 0) is 14.6 Å². The Morgan fingerprint density at radius 1 is 1.00 bits per heavy atom. The highest BCUT2D eigenvalue weighted by atomic mass is 35.5. The molecule has 0 amide bonds. The SMILES string of the molecule is CN1CCC(OC2CCC(Oc3ccc(S(C)(=O)=O)cc3F)CC2)CC1.Cl. The Kier molecular flexibility index (Phi) is 7.92. The Hall–Kier alpha value is -0.890. The van der Waals surface area contributed by atoms with Crippen LogP contribution in [0.15, 0.2) is 23.1 Å². The van der Waals surface area contributed by atoms with E-state index in [-0.39, 0.29) is 35.3 Å². The molecule has 2 fully saturated rings. The fourth-order valence-corrected chi connectivity index (χ4v) is 4.30. The lowest BCUT2D eigenvalue weighted by Crippen LogP contribution is -2.37. The highest BCUT2D eigenvalue weighted by Gasteiger charge is 2.27. The quantitative estimate of drug-likeness (QED) is 0.728. The van der Waals surface area contributed by atoms with E-state index in [0.29, 0.717) is 6.10 Å². The van der Waals surface area contributed by atoms with Crippen LogP contribution in [0.25, 0.3) is 0 Å². The summed E-state index contributed by atoms with van der Waals surface area (Å²) in [7, 11) is -1.28.